The molecular formula is C19H14BrN3O5S. The second kappa shape index (κ2) is 8.26. The molecule has 0 spiro atoms. The molecule has 148 valence electrons. The molecule has 3 amide bonds. The molecule has 1 N–H and O–H groups in total. The number of carbonyl (C=O) groups excluding carboxylic acids is 3. The molecule has 0 radical (unpaired) electrons. The van der Waals surface area contributed by atoms with Crippen molar-refractivity contribution in [2.75, 3.05) is 19.9 Å². The number of nitrogens with zero attached hydrogens (tertiary/aromatic N) is 2. The van der Waals surface area contributed by atoms with Crippen LogP contribution in [-0.4, -0.2) is 46.8 Å². The van der Waals surface area contributed by atoms with Crippen LogP contribution in [0.1, 0.15) is 15.9 Å². The first-order valence-corrected chi connectivity index (χ1v) is 10.2. The standard InChI is InChI=1S/C19H14BrN3O5S/c20-13-7-12(8-21-9-13)17(24)22-3-4-23-18(25)16(29-19(23)26)6-11-1-2-14-15(5-11)28-10-27-14/h1-2,5-9H,3-4,10H2,(H,22,24)/b16-6+. The van der Waals surface area contributed by atoms with Gasteiger partial charge < -0.3 is 14.8 Å². The Morgan fingerprint density at radius 3 is 2.90 bits per heavy atom. The van der Waals surface area contributed by atoms with E-state index in [1.807, 2.05) is 0 Å². The summed E-state index contributed by atoms with van der Waals surface area (Å²) in [5.74, 6) is 0.520. The van der Waals surface area contributed by atoms with Gasteiger partial charge in [0.05, 0.1) is 10.5 Å². The fourth-order valence-corrected chi connectivity index (χ4v) is 4.00. The highest BCUT2D eigenvalue weighted by Crippen LogP contribution is 2.36. The zero-order chi connectivity index (χ0) is 20.4. The van der Waals surface area contributed by atoms with Crippen molar-refractivity contribution in [1.82, 2.24) is 15.2 Å². The maximum Gasteiger partial charge on any atom is 0.293 e. The normalized spacial score (nSPS) is 16.6. The molecule has 1 fully saturated rings. The smallest absolute Gasteiger partial charge is 0.293 e. The van der Waals surface area contributed by atoms with Crippen molar-refractivity contribution < 1.29 is 23.9 Å². The maximum absolute atomic E-state index is 12.6. The highest BCUT2D eigenvalue weighted by Gasteiger charge is 2.34. The molecule has 1 aromatic carbocycles. The van der Waals surface area contributed by atoms with E-state index in [0.717, 1.165) is 22.2 Å². The van der Waals surface area contributed by atoms with Crippen molar-refractivity contribution in [1.29, 1.82) is 0 Å². The summed E-state index contributed by atoms with van der Waals surface area (Å²) in [7, 11) is 0. The van der Waals surface area contributed by atoms with Gasteiger partial charge in [0.2, 0.25) is 6.79 Å². The van der Waals surface area contributed by atoms with Crippen LogP contribution in [0.2, 0.25) is 0 Å². The van der Waals surface area contributed by atoms with Crippen LogP contribution in [0.5, 0.6) is 11.5 Å². The van der Waals surface area contributed by atoms with E-state index in [-0.39, 0.29) is 31.0 Å². The topological polar surface area (TPSA) is 97.8 Å². The first kappa shape index (κ1) is 19.5. The van der Waals surface area contributed by atoms with Crippen molar-refractivity contribution in [3.63, 3.8) is 0 Å². The number of benzene rings is 1. The van der Waals surface area contributed by atoms with Gasteiger partial charge in [-0.1, -0.05) is 6.07 Å². The van der Waals surface area contributed by atoms with E-state index >= 15 is 0 Å². The Balaban J connectivity index is 1.37. The number of hydrogen-bond donors (Lipinski definition) is 1. The summed E-state index contributed by atoms with van der Waals surface area (Å²) < 4.78 is 11.3. The molecule has 1 aromatic heterocycles. The van der Waals surface area contributed by atoms with Crippen LogP contribution < -0.4 is 14.8 Å². The summed E-state index contributed by atoms with van der Waals surface area (Å²) in [6.07, 6.45) is 4.65. The number of fused-ring (bicyclic) bond motifs is 1. The molecule has 1 saturated heterocycles. The molecule has 29 heavy (non-hydrogen) atoms. The number of rotatable bonds is 5. The van der Waals surface area contributed by atoms with Gasteiger partial charge in [0.1, 0.15) is 0 Å². The third-order valence-corrected chi connectivity index (χ3v) is 5.50. The minimum atomic E-state index is -0.393. The van der Waals surface area contributed by atoms with Crippen LogP contribution in [0.15, 0.2) is 46.0 Å². The second-order valence-corrected chi connectivity index (χ2v) is 8.00. The van der Waals surface area contributed by atoms with Gasteiger partial charge in [-0.05, 0) is 57.5 Å². The van der Waals surface area contributed by atoms with Crippen molar-refractivity contribution in [2.24, 2.45) is 0 Å². The fourth-order valence-electron chi connectivity index (χ4n) is 2.77. The first-order chi connectivity index (χ1) is 14.0. The van der Waals surface area contributed by atoms with E-state index in [1.54, 1.807) is 36.5 Å². The molecule has 0 aliphatic carbocycles. The van der Waals surface area contributed by atoms with E-state index < -0.39 is 5.91 Å². The Bertz CT molecular complexity index is 1040. The van der Waals surface area contributed by atoms with Crippen LogP contribution in [-0.2, 0) is 4.79 Å². The second-order valence-electron chi connectivity index (χ2n) is 6.09. The third-order valence-electron chi connectivity index (χ3n) is 4.16. The number of carbonyl (C=O) groups is 3. The highest BCUT2D eigenvalue weighted by molar-refractivity contribution is 9.10. The minimum Gasteiger partial charge on any atom is -0.454 e. The number of halogens is 1. The molecule has 3 heterocycles. The average molecular weight is 476 g/mol. The molecule has 2 aliphatic heterocycles. The Kier molecular flexibility index (Phi) is 5.54. The van der Waals surface area contributed by atoms with E-state index in [9.17, 15) is 14.4 Å². The number of amides is 3. The lowest BCUT2D eigenvalue weighted by Gasteiger charge is -2.13. The van der Waals surface area contributed by atoms with Gasteiger partial charge >= 0.3 is 0 Å². The van der Waals surface area contributed by atoms with E-state index in [0.29, 0.717) is 26.4 Å². The van der Waals surface area contributed by atoms with Crippen LogP contribution in [0.4, 0.5) is 4.79 Å². The number of imide groups is 1. The van der Waals surface area contributed by atoms with Crippen LogP contribution >= 0.6 is 27.7 Å². The molecule has 0 atom stereocenters. The molecule has 0 bridgehead atoms. The fraction of sp³-hybridized carbons (Fsp3) is 0.158. The molecule has 8 nitrogen and oxygen atoms in total. The van der Waals surface area contributed by atoms with Crippen molar-refractivity contribution >= 4 is 50.8 Å². The van der Waals surface area contributed by atoms with Crippen LogP contribution in [0.3, 0.4) is 0 Å². The van der Waals surface area contributed by atoms with Crippen molar-refractivity contribution in [3.05, 3.63) is 57.2 Å². The largest absolute Gasteiger partial charge is 0.454 e. The molecule has 2 aromatic rings. The van der Waals surface area contributed by atoms with E-state index in [1.165, 1.54) is 6.20 Å². The Morgan fingerprint density at radius 2 is 2.07 bits per heavy atom. The summed E-state index contributed by atoms with van der Waals surface area (Å²) in [5, 5.41) is 2.31. The molecule has 0 saturated carbocycles. The predicted octanol–water partition coefficient (Wildman–Crippen LogP) is 3.04. The first-order valence-electron chi connectivity index (χ1n) is 8.55. The number of nitrogens with one attached hydrogen (secondary N) is 1. The predicted molar refractivity (Wildman–Crippen MR) is 110 cm³/mol. The highest BCUT2D eigenvalue weighted by atomic mass is 79.9. The van der Waals surface area contributed by atoms with Crippen molar-refractivity contribution in [3.8, 4) is 11.5 Å². The van der Waals surface area contributed by atoms with Gasteiger partial charge in [-0.3, -0.25) is 24.3 Å². The Morgan fingerprint density at radius 1 is 1.24 bits per heavy atom. The molecule has 10 heteroatoms. The third kappa shape index (κ3) is 4.28. The number of ether oxygens (including phenoxy) is 2. The number of pyridine rings is 1. The average Bonchev–Trinajstić information content (AvgIpc) is 3.27. The summed E-state index contributed by atoms with van der Waals surface area (Å²) in [6, 6.07) is 6.93. The summed E-state index contributed by atoms with van der Waals surface area (Å²) in [4.78, 5) is 42.3. The van der Waals surface area contributed by atoms with Crippen molar-refractivity contribution in [2.45, 2.75) is 0 Å². The molecule has 4 rings (SSSR count). The monoisotopic (exact) mass is 475 g/mol. The van der Waals surface area contributed by atoms with Gasteiger partial charge in [0, 0.05) is 30.0 Å². The summed E-state index contributed by atoms with van der Waals surface area (Å²) >= 11 is 4.12. The zero-order valence-electron chi connectivity index (χ0n) is 14.9. The van der Waals surface area contributed by atoms with Crippen LogP contribution in [0, 0.1) is 0 Å². The zero-order valence-corrected chi connectivity index (χ0v) is 17.3. The minimum absolute atomic E-state index is 0.0797. The molecule has 2 aliphatic rings. The molecular weight excluding hydrogens is 462 g/mol. The number of thioether (sulfide) groups is 1. The number of aromatic nitrogens is 1. The lowest BCUT2D eigenvalue weighted by Crippen LogP contribution is -2.37. The maximum atomic E-state index is 12.6. The van der Waals surface area contributed by atoms with E-state index in [2.05, 4.69) is 26.2 Å². The number of hydrogen-bond acceptors (Lipinski definition) is 7. The Hall–Kier alpha value is -2.85. The Labute approximate surface area is 178 Å². The van der Waals surface area contributed by atoms with Gasteiger partial charge in [-0.25, -0.2) is 0 Å². The molecule has 0 unspecified atom stereocenters. The summed E-state index contributed by atoms with van der Waals surface area (Å²) in [6.45, 7) is 0.383. The van der Waals surface area contributed by atoms with Gasteiger partial charge in [0.15, 0.2) is 11.5 Å². The van der Waals surface area contributed by atoms with Gasteiger partial charge in [0.25, 0.3) is 17.1 Å². The SMILES string of the molecule is O=C(NCCN1C(=O)S/C(=C/c2ccc3c(c2)OCO3)C1=O)c1cncc(Br)c1. The van der Waals surface area contributed by atoms with Crippen LogP contribution in [0.25, 0.3) is 6.08 Å². The lowest BCUT2D eigenvalue weighted by molar-refractivity contribution is -0.122. The van der Waals surface area contributed by atoms with Gasteiger partial charge in [-0.15, -0.1) is 0 Å². The quantitative estimate of drug-likeness (QED) is 0.663. The van der Waals surface area contributed by atoms with E-state index in [4.69, 9.17) is 9.47 Å². The lowest BCUT2D eigenvalue weighted by atomic mass is 10.2. The van der Waals surface area contributed by atoms with Gasteiger partial charge in [-0.2, -0.15) is 0 Å². The summed E-state index contributed by atoms with van der Waals surface area (Å²) in [5.41, 5.74) is 1.12.